The highest BCUT2D eigenvalue weighted by Gasteiger charge is 2.30. The molecule has 0 radical (unpaired) electrons. The van der Waals surface area contributed by atoms with Gasteiger partial charge in [0.25, 0.3) is 0 Å². The monoisotopic (exact) mass is 380 g/mol. The van der Waals surface area contributed by atoms with Crippen molar-refractivity contribution in [3.63, 3.8) is 0 Å². The summed E-state index contributed by atoms with van der Waals surface area (Å²) >= 11 is 0. The summed E-state index contributed by atoms with van der Waals surface area (Å²) in [4.78, 5) is 11.2. The van der Waals surface area contributed by atoms with Crippen molar-refractivity contribution in [3.05, 3.63) is 47.3 Å². The van der Waals surface area contributed by atoms with Crippen LogP contribution in [0.3, 0.4) is 0 Å². The van der Waals surface area contributed by atoms with Crippen molar-refractivity contribution in [1.29, 1.82) is 0 Å². The number of hydrogen-bond acceptors (Lipinski definition) is 4. The molecule has 1 heterocycles. The van der Waals surface area contributed by atoms with Gasteiger partial charge in [-0.2, -0.15) is 18.3 Å². The van der Waals surface area contributed by atoms with Gasteiger partial charge in [0.15, 0.2) is 6.29 Å². The minimum Gasteiger partial charge on any atom is -0.507 e. The van der Waals surface area contributed by atoms with Crippen LogP contribution in [-0.4, -0.2) is 34.0 Å². The first-order valence-corrected chi connectivity index (χ1v) is 8.59. The Morgan fingerprint density at radius 1 is 1.22 bits per heavy atom. The smallest absolute Gasteiger partial charge is 0.408 e. The third-order valence-electron chi connectivity index (χ3n) is 4.50. The van der Waals surface area contributed by atoms with E-state index >= 15 is 0 Å². The van der Waals surface area contributed by atoms with Crippen LogP contribution in [-0.2, 0) is 6.54 Å². The number of aromatic hydroxyl groups is 1. The third kappa shape index (κ3) is 4.50. The largest absolute Gasteiger partial charge is 0.507 e. The van der Waals surface area contributed by atoms with E-state index in [9.17, 15) is 23.1 Å². The molecule has 3 rings (SSSR count). The van der Waals surface area contributed by atoms with Gasteiger partial charge in [-0.15, -0.1) is 0 Å². The van der Waals surface area contributed by atoms with Gasteiger partial charge in [0.2, 0.25) is 0 Å². The number of phenols is 1. The summed E-state index contributed by atoms with van der Waals surface area (Å²) in [5, 5.41) is 13.5. The fraction of sp³-hybridized carbons (Fsp3) is 0.368. The number of phenolic OH excluding ortho intramolecular Hbond substituents is 1. The number of nitrogens with zero attached hydrogens (tertiary/aromatic N) is 2. The predicted octanol–water partition coefficient (Wildman–Crippen LogP) is 4.37. The maximum absolute atomic E-state index is 12.8. The topological polar surface area (TPSA) is 64.3 Å². The molecule has 144 valence electrons. The van der Waals surface area contributed by atoms with Gasteiger partial charge in [-0.1, -0.05) is 6.07 Å². The molecule has 1 aromatic heterocycles. The minimum atomic E-state index is -4.35. The molecule has 0 unspecified atom stereocenters. The van der Waals surface area contributed by atoms with Gasteiger partial charge in [-0.05, 0) is 55.0 Å². The molecule has 1 N–H and O–H groups in total. The summed E-state index contributed by atoms with van der Waals surface area (Å²) in [5.41, 5.74) is 2.18. The average Bonchev–Trinajstić information content (AvgIpc) is 3.06. The standard InChI is InChI=1S/C19H19F3N2O3/c20-19(21,22)12-24-16(8-9-23-24)14-5-2-1-4-13(14)11-27-18-7-3-6-17(26)15(18)10-25/h3,6-10,26H,1-2,4-5,11-12H2. The van der Waals surface area contributed by atoms with E-state index in [2.05, 4.69) is 5.10 Å². The lowest BCUT2D eigenvalue weighted by Crippen LogP contribution is -2.21. The number of aromatic nitrogens is 2. The normalized spacial score (nSPS) is 15.1. The van der Waals surface area contributed by atoms with Crippen molar-refractivity contribution in [3.8, 4) is 11.5 Å². The zero-order valence-electron chi connectivity index (χ0n) is 14.5. The summed E-state index contributed by atoms with van der Waals surface area (Å²) in [5.74, 6) is 0.0647. The Kier molecular flexibility index (Phi) is 5.53. The molecule has 5 nitrogen and oxygen atoms in total. The number of carbonyl (C=O) groups excluding carboxylic acids is 1. The van der Waals surface area contributed by atoms with Gasteiger partial charge < -0.3 is 9.84 Å². The Labute approximate surface area is 154 Å². The second-order valence-electron chi connectivity index (χ2n) is 6.37. The lowest BCUT2D eigenvalue weighted by Gasteiger charge is -2.22. The molecule has 8 heteroatoms. The van der Waals surface area contributed by atoms with Crippen LogP contribution in [0.5, 0.6) is 11.5 Å². The van der Waals surface area contributed by atoms with Crippen LogP contribution >= 0.6 is 0 Å². The van der Waals surface area contributed by atoms with Crippen LogP contribution in [0.2, 0.25) is 0 Å². The van der Waals surface area contributed by atoms with Crippen LogP contribution in [0.4, 0.5) is 13.2 Å². The van der Waals surface area contributed by atoms with E-state index in [0.717, 1.165) is 28.7 Å². The summed E-state index contributed by atoms with van der Waals surface area (Å²) < 4.78 is 45.1. The van der Waals surface area contributed by atoms with Crippen molar-refractivity contribution in [1.82, 2.24) is 9.78 Å². The number of allylic oxidation sites excluding steroid dienone is 1. The Morgan fingerprint density at radius 2 is 2.00 bits per heavy atom. The highest BCUT2D eigenvalue weighted by atomic mass is 19.4. The van der Waals surface area contributed by atoms with Gasteiger partial charge in [0.05, 0.1) is 11.3 Å². The first kappa shape index (κ1) is 19.0. The number of carbonyl (C=O) groups is 1. The lowest BCUT2D eigenvalue weighted by molar-refractivity contribution is -0.142. The molecule has 0 spiro atoms. The molecular weight excluding hydrogens is 361 g/mol. The molecule has 0 aliphatic heterocycles. The van der Waals surface area contributed by atoms with E-state index in [-0.39, 0.29) is 23.7 Å². The summed E-state index contributed by atoms with van der Waals surface area (Å²) in [6.45, 7) is -1.01. The fourth-order valence-corrected chi connectivity index (χ4v) is 3.26. The van der Waals surface area contributed by atoms with E-state index < -0.39 is 12.7 Å². The molecule has 0 atom stereocenters. The second kappa shape index (κ2) is 7.85. The van der Waals surface area contributed by atoms with Crippen LogP contribution < -0.4 is 4.74 Å². The number of halogens is 3. The van der Waals surface area contributed by atoms with Gasteiger partial charge in [0.1, 0.15) is 24.7 Å². The van der Waals surface area contributed by atoms with Crippen molar-refractivity contribution >= 4 is 11.9 Å². The number of ether oxygens (including phenoxy) is 1. The zero-order chi connectivity index (χ0) is 19.4. The van der Waals surface area contributed by atoms with E-state index in [0.29, 0.717) is 24.8 Å². The van der Waals surface area contributed by atoms with Gasteiger partial charge in [-0.3, -0.25) is 9.48 Å². The van der Waals surface area contributed by atoms with E-state index in [1.807, 2.05) is 0 Å². The molecule has 27 heavy (non-hydrogen) atoms. The highest BCUT2D eigenvalue weighted by Crippen LogP contribution is 2.34. The summed E-state index contributed by atoms with van der Waals surface area (Å²) in [7, 11) is 0. The minimum absolute atomic E-state index is 0.0533. The van der Waals surface area contributed by atoms with Crippen molar-refractivity contribution in [2.24, 2.45) is 0 Å². The quantitative estimate of drug-likeness (QED) is 0.756. The predicted molar refractivity (Wildman–Crippen MR) is 92.7 cm³/mol. The number of aldehydes is 1. The number of hydrogen-bond donors (Lipinski definition) is 1. The fourth-order valence-electron chi connectivity index (χ4n) is 3.26. The lowest BCUT2D eigenvalue weighted by atomic mass is 9.90. The molecule has 1 aromatic carbocycles. The Balaban J connectivity index is 1.87. The van der Waals surface area contributed by atoms with E-state index in [1.54, 1.807) is 18.2 Å². The summed E-state index contributed by atoms with van der Waals surface area (Å²) in [6.07, 6.45) is 0.649. The number of benzene rings is 1. The SMILES string of the molecule is O=Cc1c(O)cccc1OCC1=C(c2ccnn2CC(F)(F)F)CCCC1. The molecule has 0 saturated carbocycles. The van der Waals surface area contributed by atoms with Gasteiger partial charge in [0, 0.05) is 6.20 Å². The highest BCUT2D eigenvalue weighted by molar-refractivity contribution is 5.83. The number of rotatable bonds is 6. The van der Waals surface area contributed by atoms with Crippen LogP contribution in [0, 0.1) is 0 Å². The van der Waals surface area contributed by atoms with Crippen molar-refractivity contribution < 1.29 is 27.8 Å². The van der Waals surface area contributed by atoms with Crippen molar-refractivity contribution in [2.45, 2.75) is 38.4 Å². The number of alkyl halides is 3. The first-order chi connectivity index (χ1) is 12.9. The Bertz CT molecular complexity index is 856. The Hall–Kier alpha value is -2.77. The molecule has 2 aromatic rings. The third-order valence-corrected chi connectivity index (χ3v) is 4.50. The second-order valence-corrected chi connectivity index (χ2v) is 6.37. The molecule has 1 aliphatic rings. The molecule has 0 amide bonds. The molecule has 0 saturated heterocycles. The molecule has 0 fully saturated rings. The Morgan fingerprint density at radius 3 is 2.74 bits per heavy atom. The van der Waals surface area contributed by atoms with Crippen LogP contribution in [0.1, 0.15) is 41.7 Å². The average molecular weight is 380 g/mol. The molecule has 0 bridgehead atoms. The zero-order valence-corrected chi connectivity index (χ0v) is 14.5. The molecular formula is C19H19F3N2O3. The maximum Gasteiger partial charge on any atom is 0.408 e. The van der Waals surface area contributed by atoms with Crippen LogP contribution in [0.15, 0.2) is 36.0 Å². The van der Waals surface area contributed by atoms with Crippen LogP contribution in [0.25, 0.3) is 5.57 Å². The maximum atomic E-state index is 12.8. The summed E-state index contributed by atoms with van der Waals surface area (Å²) in [6, 6.07) is 6.10. The first-order valence-electron chi connectivity index (χ1n) is 8.59. The van der Waals surface area contributed by atoms with Gasteiger partial charge >= 0.3 is 6.18 Å². The molecule has 1 aliphatic carbocycles. The van der Waals surface area contributed by atoms with Gasteiger partial charge in [-0.25, -0.2) is 0 Å². The van der Waals surface area contributed by atoms with Crippen molar-refractivity contribution in [2.75, 3.05) is 6.61 Å². The van der Waals surface area contributed by atoms with E-state index in [4.69, 9.17) is 4.74 Å². The van der Waals surface area contributed by atoms with E-state index in [1.165, 1.54) is 12.3 Å².